The molecule has 0 spiro atoms. The molecule has 5 heteroatoms. The number of unbranched alkanes of at least 4 members (excludes halogenated alkanes) is 1. The van der Waals surface area contributed by atoms with Gasteiger partial charge in [-0.25, -0.2) is 0 Å². The number of carbonyl (C=O) groups is 1. The zero-order valence-electron chi connectivity index (χ0n) is 12.7. The van der Waals surface area contributed by atoms with Gasteiger partial charge in [0.15, 0.2) is 0 Å². The highest BCUT2D eigenvalue weighted by Crippen LogP contribution is 1.92. The minimum atomic E-state index is 0.144. The van der Waals surface area contributed by atoms with E-state index in [0.717, 1.165) is 39.0 Å². The van der Waals surface area contributed by atoms with Crippen LogP contribution in [0.25, 0.3) is 0 Å². The first-order valence-corrected chi connectivity index (χ1v) is 7.23. The third kappa shape index (κ3) is 15.3. The Labute approximate surface area is 117 Å². The minimum absolute atomic E-state index is 0.144. The SMILES string of the molecule is COCCOCCCCNC(=O)CCCNC(C)C. The summed E-state index contributed by atoms with van der Waals surface area (Å²) in [7, 11) is 1.66. The lowest BCUT2D eigenvalue weighted by molar-refractivity contribution is -0.121. The largest absolute Gasteiger partial charge is 0.382 e. The van der Waals surface area contributed by atoms with Gasteiger partial charge in [0, 0.05) is 32.7 Å². The van der Waals surface area contributed by atoms with Crippen molar-refractivity contribution in [1.82, 2.24) is 10.6 Å². The summed E-state index contributed by atoms with van der Waals surface area (Å²) in [5.41, 5.74) is 0. The van der Waals surface area contributed by atoms with Gasteiger partial charge in [-0.05, 0) is 25.8 Å². The molecular formula is C14H30N2O3. The van der Waals surface area contributed by atoms with Crippen LogP contribution in [0.5, 0.6) is 0 Å². The van der Waals surface area contributed by atoms with E-state index in [1.807, 2.05) is 0 Å². The highest BCUT2D eigenvalue weighted by Gasteiger charge is 2.00. The smallest absolute Gasteiger partial charge is 0.220 e. The maximum absolute atomic E-state index is 11.5. The van der Waals surface area contributed by atoms with E-state index >= 15 is 0 Å². The Morgan fingerprint density at radius 1 is 1.05 bits per heavy atom. The number of hydrogen-bond acceptors (Lipinski definition) is 4. The van der Waals surface area contributed by atoms with Crippen LogP contribution in [0.1, 0.15) is 39.5 Å². The molecule has 0 heterocycles. The molecule has 0 aliphatic carbocycles. The summed E-state index contributed by atoms with van der Waals surface area (Å²) in [4.78, 5) is 11.5. The van der Waals surface area contributed by atoms with Crippen molar-refractivity contribution in [2.75, 3.05) is 40.0 Å². The van der Waals surface area contributed by atoms with E-state index in [9.17, 15) is 4.79 Å². The third-order valence-corrected chi connectivity index (χ3v) is 2.60. The fourth-order valence-corrected chi connectivity index (χ4v) is 1.53. The van der Waals surface area contributed by atoms with Crippen LogP contribution in [0.15, 0.2) is 0 Å². The van der Waals surface area contributed by atoms with Crippen LogP contribution >= 0.6 is 0 Å². The van der Waals surface area contributed by atoms with E-state index in [4.69, 9.17) is 9.47 Å². The van der Waals surface area contributed by atoms with Crippen LogP contribution in [0.2, 0.25) is 0 Å². The first-order chi connectivity index (χ1) is 9.16. The average Bonchev–Trinajstić information content (AvgIpc) is 2.37. The second kappa shape index (κ2) is 13.8. The van der Waals surface area contributed by atoms with Gasteiger partial charge in [-0.1, -0.05) is 13.8 Å². The van der Waals surface area contributed by atoms with E-state index in [1.54, 1.807) is 7.11 Å². The molecule has 0 saturated heterocycles. The van der Waals surface area contributed by atoms with E-state index in [0.29, 0.717) is 25.7 Å². The van der Waals surface area contributed by atoms with Gasteiger partial charge in [-0.15, -0.1) is 0 Å². The van der Waals surface area contributed by atoms with Gasteiger partial charge in [0.05, 0.1) is 13.2 Å². The molecular weight excluding hydrogens is 244 g/mol. The van der Waals surface area contributed by atoms with Crippen molar-refractivity contribution in [1.29, 1.82) is 0 Å². The predicted molar refractivity (Wildman–Crippen MR) is 77.3 cm³/mol. The quantitative estimate of drug-likeness (QED) is 0.497. The molecule has 0 aromatic rings. The van der Waals surface area contributed by atoms with Crippen molar-refractivity contribution < 1.29 is 14.3 Å². The number of rotatable bonds is 13. The number of ether oxygens (including phenoxy) is 2. The second-order valence-corrected chi connectivity index (χ2v) is 4.87. The molecule has 2 N–H and O–H groups in total. The fourth-order valence-electron chi connectivity index (χ4n) is 1.53. The Kier molecular flexibility index (Phi) is 13.3. The molecule has 5 nitrogen and oxygen atoms in total. The molecule has 114 valence electrons. The van der Waals surface area contributed by atoms with Crippen LogP contribution in [-0.4, -0.2) is 52.0 Å². The first kappa shape index (κ1) is 18.4. The molecule has 0 aromatic heterocycles. The fraction of sp³-hybridized carbons (Fsp3) is 0.929. The van der Waals surface area contributed by atoms with Gasteiger partial charge in [0.25, 0.3) is 0 Å². The van der Waals surface area contributed by atoms with Gasteiger partial charge in [-0.2, -0.15) is 0 Å². The topological polar surface area (TPSA) is 59.6 Å². The zero-order chi connectivity index (χ0) is 14.3. The molecule has 0 aliphatic heterocycles. The molecule has 0 rings (SSSR count). The lowest BCUT2D eigenvalue weighted by Crippen LogP contribution is -2.27. The highest BCUT2D eigenvalue weighted by atomic mass is 16.5. The van der Waals surface area contributed by atoms with Crippen LogP contribution in [-0.2, 0) is 14.3 Å². The lowest BCUT2D eigenvalue weighted by Gasteiger charge is -2.08. The van der Waals surface area contributed by atoms with Crippen LogP contribution < -0.4 is 10.6 Å². The number of methoxy groups -OCH3 is 1. The molecule has 0 aliphatic rings. The molecule has 0 radical (unpaired) electrons. The maximum Gasteiger partial charge on any atom is 0.220 e. The van der Waals surface area contributed by atoms with E-state index < -0.39 is 0 Å². The Hall–Kier alpha value is -0.650. The summed E-state index contributed by atoms with van der Waals surface area (Å²) in [5, 5.41) is 6.22. The molecule has 0 unspecified atom stereocenters. The van der Waals surface area contributed by atoms with Gasteiger partial charge >= 0.3 is 0 Å². The van der Waals surface area contributed by atoms with Crippen molar-refractivity contribution in [3.63, 3.8) is 0 Å². The van der Waals surface area contributed by atoms with E-state index in [-0.39, 0.29) is 5.91 Å². The summed E-state index contributed by atoms with van der Waals surface area (Å²) in [5.74, 6) is 0.144. The van der Waals surface area contributed by atoms with Crippen molar-refractivity contribution in [3.05, 3.63) is 0 Å². The summed E-state index contributed by atoms with van der Waals surface area (Å²) in [6.45, 7) is 7.87. The predicted octanol–water partition coefficient (Wildman–Crippen LogP) is 1.32. The Balaban J connectivity index is 3.16. The Morgan fingerprint density at radius 2 is 1.84 bits per heavy atom. The monoisotopic (exact) mass is 274 g/mol. The summed E-state index contributed by atoms with van der Waals surface area (Å²) >= 11 is 0. The molecule has 1 amide bonds. The third-order valence-electron chi connectivity index (χ3n) is 2.60. The van der Waals surface area contributed by atoms with E-state index in [1.165, 1.54) is 0 Å². The number of amides is 1. The average molecular weight is 274 g/mol. The summed E-state index contributed by atoms with van der Waals surface area (Å²) in [6.07, 6.45) is 3.43. The molecule has 0 aromatic carbocycles. The van der Waals surface area contributed by atoms with Crippen molar-refractivity contribution in [3.8, 4) is 0 Å². The normalized spacial score (nSPS) is 10.9. The molecule has 0 bridgehead atoms. The minimum Gasteiger partial charge on any atom is -0.382 e. The number of carbonyl (C=O) groups excluding carboxylic acids is 1. The van der Waals surface area contributed by atoms with Gasteiger partial charge in [0.2, 0.25) is 5.91 Å². The van der Waals surface area contributed by atoms with E-state index in [2.05, 4.69) is 24.5 Å². The number of hydrogen-bond donors (Lipinski definition) is 2. The van der Waals surface area contributed by atoms with Gasteiger partial charge in [0.1, 0.15) is 0 Å². The molecule has 0 saturated carbocycles. The highest BCUT2D eigenvalue weighted by molar-refractivity contribution is 5.75. The van der Waals surface area contributed by atoms with Crippen molar-refractivity contribution in [2.24, 2.45) is 0 Å². The Morgan fingerprint density at radius 3 is 2.53 bits per heavy atom. The van der Waals surface area contributed by atoms with Crippen molar-refractivity contribution >= 4 is 5.91 Å². The lowest BCUT2D eigenvalue weighted by atomic mass is 10.2. The zero-order valence-corrected chi connectivity index (χ0v) is 12.7. The van der Waals surface area contributed by atoms with Crippen LogP contribution in [0.4, 0.5) is 0 Å². The standard InChI is InChI=1S/C14H30N2O3/c1-13(2)15-9-6-7-14(17)16-8-4-5-10-19-12-11-18-3/h13,15H,4-12H2,1-3H3,(H,16,17). The molecule has 0 atom stereocenters. The van der Waals surface area contributed by atoms with Crippen molar-refractivity contribution in [2.45, 2.75) is 45.6 Å². The van der Waals surface area contributed by atoms with Crippen LogP contribution in [0, 0.1) is 0 Å². The first-order valence-electron chi connectivity index (χ1n) is 7.23. The second-order valence-electron chi connectivity index (χ2n) is 4.87. The summed E-state index contributed by atoms with van der Waals surface area (Å²) in [6, 6.07) is 0.487. The van der Waals surface area contributed by atoms with Crippen LogP contribution in [0.3, 0.4) is 0 Å². The molecule has 0 fully saturated rings. The Bertz CT molecular complexity index is 211. The molecule has 19 heavy (non-hydrogen) atoms. The van der Waals surface area contributed by atoms with Gasteiger partial charge in [-0.3, -0.25) is 4.79 Å². The van der Waals surface area contributed by atoms with Gasteiger partial charge < -0.3 is 20.1 Å². The summed E-state index contributed by atoms with van der Waals surface area (Å²) < 4.78 is 10.2. The number of nitrogens with one attached hydrogen (secondary N) is 2. The maximum atomic E-state index is 11.5.